The van der Waals surface area contributed by atoms with Crippen LogP contribution in [0.2, 0.25) is 0 Å². The molecule has 16 rings (SSSR count). The minimum absolute atomic E-state index is 0.736. The van der Waals surface area contributed by atoms with E-state index in [-0.39, 0.29) is 0 Å². The first-order chi connectivity index (χ1) is 47.6. The first kappa shape index (κ1) is 70.9. The Hall–Kier alpha value is -7.56. The molecule has 0 N–H and O–H groups in total. The molecule has 4 aliphatic rings. The molecule has 512 valence electrons. The van der Waals surface area contributed by atoms with Crippen molar-refractivity contribution in [3.05, 3.63) is 340 Å². The molecule has 0 bridgehead atoms. The maximum absolute atomic E-state index is 10.7. The summed E-state index contributed by atoms with van der Waals surface area (Å²) in [4.78, 5) is 0. The molecule has 0 aliphatic carbocycles. The molecule has 2 fully saturated rings. The van der Waals surface area contributed by atoms with E-state index >= 15 is 0 Å². The molecule has 2 atom stereocenters. The molecular formula is C76H64F12N4P8. The van der Waals surface area contributed by atoms with Crippen LogP contribution in [0.15, 0.2) is 340 Å². The van der Waals surface area contributed by atoms with Crippen molar-refractivity contribution in [1.29, 1.82) is 0 Å². The second-order valence-corrected chi connectivity index (χ2v) is 46.1. The standard InChI is InChI=1S/2C38H32N2P3.2F6P/c2*1-5-17-31(18-6-1)41(32-19-7-2-8-20-32)37-27-15-13-25-35(37)39-29-30-40-36-26-14-16-28-38(36)43(42(39)40,33-21-9-3-10-22-33)34-23-11-4-12-24-34;2*1-7(2,3,4,5)6/h2*1-28H,29-30H2;;/q2*+1;2*-1/t2*42-;;/m11../s1. The first-order valence-electron chi connectivity index (χ1n) is 31.7. The first-order valence-corrected chi connectivity index (χ1v) is 45.9. The van der Waals surface area contributed by atoms with Gasteiger partial charge in [-0.2, -0.15) is 0 Å². The van der Waals surface area contributed by atoms with Crippen molar-refractivity contribution >= 4 is 148 Å². The van der Waals surface area contributed by atoms with E-state index in [9.17, 15) is 50.4 Å². The van der Waals surface area contributed by atoms with Crippen LogP contribution in [0.3, 0.4) is 0 Å². The monoisotopic (exact) mass is 1510 g/mol. The van der Waals surface area contributed by atoms with Crippen LogP contribution >= 0.6 is 61.2 Å². The van der Waals surface area contributed by atoms with E-state index in [4.69, 9.17) is 0 Å². The number of fused-ring (bicyclic) bond motifs is 6. The Labute approximate surface area is 579 Å². The van der Waals surface area contributed by atoms with Crippen LogP contribution < -0.4 is 82.3 Å². The Kier molecular flexibility index (Phi) is 19.1. The van der Waals surface area contributed by atoms with Gasteiger partial charge < -0.3 is 0 Å². The minimum Gasteiger partial charge on any atom is -0.299 e. The van der Waals surface area contributed by atoms with Gasteiger partial charge in [-0.1, -0.05) is 255 Å². The van der Waals surface area contributed by atoms with Gasteiger partial charge in [-0.3, -0.25) is 18.7 Å². The molecule has 0 amide bonds. The Morgan fingerprint density at radius 2 is 0.410 bits per heavy atom. The van der Waals surface area contributed by atoms with Gasteiger partial charge in [0.25, 0.3) is 15.8 Å². The van der Waals surface area contributed by atoms with Crippen LogP contribution in [0.1, 0.15) is 0 Å². The molecule has 100 heavy (non-hydrogen) atoms. The van der Waals surface area contributed by atoms with Gasteiger partial charge in [-0.15, -0.1) is 0 Å². The maximum atomic E-state index is 9.87. The van der Waals surface area contributed by atoms with Crippen molar-refractivity contribution in [2.45, 2.75) is 0 Å². The minimum atomic E-state index is -10.7. The fourth-order valence-corrected chi connectivity index (χ4v) is 42.3. The third-order valence-corrected chi connectivity index (χ3v) is 42.5. The van der Waals surface area contributed by atoms with E-state index in [0.29, 0.717) is 0 Å². The topological polar surface area (TPSA) is 13.0 Å². The maximum Gasteiger partial charge on any atom is 0.284 e. The molecule has 2 saturated heterocycles. The van der Waals surface area contributed by atoms with Crippen LogP contribution in [-0.2, 0) is 0 Å². The fourth-order valence-electron chi connectivity index (χ4n) is 13.4. The van der Waals surface area contributed by atoms with E-state index < -0.39 is 61.2 Å². The number of nitrogens with zero attached hydrogens (tertiary/aromatic N) is 4. The van der Waals surface area contributed by atoms with Crippen LogP contribution in [0.4, 0.5) is 73.1 Å². The van der Waals surface area contributed by atoms with Crippen molar-refractivity contribution < 1.29 is 50.4 Å². The van der Waals surface area contributed by atoms with E-state index in [2.05, 4.69) is 358 Å². The molecule has 0 aromatic heterocycles. The van der Waals surface area contributed by atoms with Crippen LogP contribution in [-0.4, -0.2) is 26.2 Å². The zero-order valence-corrected chi connectivity index (χ0v) is 60.2. The molecule has 4 nitrogen and oxygen atoms in total. The summed E-state index contributed by atoms with van der Waals surface area (Å²) < 4.78 is 130. The van der Waals surface area contributed by atoms with E-state index in [0.717, 1.165) is 26.2 Å². The Balaban J connectivity index is 0.000000151. The van der Waals surface area contributed by atoms with Crippen molar-refractivity contribution in [3.8, 4) is 0 Å². The summed E-state index contributed by atoms with van der Waals surface area (Å²) in [6, 6.07) is 127. The SMILES string of the molecule is F[P-](F)(F)(F)(F)F.F[P-](F)(F)(F)(F)F.c1ccc(P(c2ccccc2)c2ccccc2N2CCN3c4ccccc4[P+](c4ccccc4)(c4ccccc4)[P@]23)cc1.c1ccc(P(c2ccccc2)c2ccccc2N2CCN3c4ccccc4[P+](c4ccccc4)(c4ccccc4)[P@]23)cc1. The van der Waals surface area contributed by atoms with E-state index in [1.165, 1.54) is 86.4 Å². The second kappa shape index (κ2) is 27.0. The second-order valence-electron chi connectivity index (χ2n) is 23.5. The number of hydrogen-bond acceptors (Lipinski definition) is 4. The number of para-hydroxylation sites is 4. The van der Waals surface area contributed by atoms with Crippen molar-refractivity contribution in [3.63, 3.8) is 0 Å². The normalized spacial score (nSPS) is 17.6. The third kappa shape index (κ3) is 15.7. The molecular weight excluding hydrogens is 1440 g/mol. The summed E-state index contributed by atoms with van der Waals surface area (Å²) in [6.45, 7) is 0.0336. The molecule has 12 aromatic rings. The Morgan fingerprint density at radius 3 is 0.650 bits per heavy atom. The van der Waals surface area contributed by atoms with Gasteiger partial charge in [-0.05, 0) is 122 Å². The van der Waals surface area contributed by atoms with Gasteiger partial charge >= 0.3 is 66.0 Å². The van der Waals surface area contributed by atoms with Gasteiger partial charge in [0.15, 0.2) is 13.9 Å². The van der Waals surface area contributed by atoms with E-state index in [1.54, 1.807) is 0 Å². The number of anilines is 4. The summed E-state index contributed by atoms with van der Waals surface area (Å²) in [5, 5.41) is 17.4. The van der Waals surface area contributed by atoms with Crippen molar-refractivity contribution in [2.75, 3.05) is 44.9 Å². The van der Waals surface area contributed by atoms with Crippen LogP contribution in [0, 0.1) is 0 Å². The number of rotatable bonds is 12. The summed E-state index contributed by atoms with van der Waals surface area (Å²) in [6.07, 6.45) is 0. The number of hydrogen-bond donors (Lipinski definition) is 0. The predicted molar refractivity (Wildman–Crippen MR) is 411 cm³/mol. The van der Waals surface area contributed by atoms with Crippen LogP contribution in [0.5, 0.6) is 0 Å². The zero-order valence-electron chi connectivity index (χ0n) is 53.1. The van der Waals surface area contributed by atoms with Gasteiger partial charge in [0.05, 0.1) is 22.7 Å². The molecule has 0 radical (unpaired) electrons. The molecule has 4 aliphatic heterocycles. The fraction of sp³-hybridized carbons (Fsp3) is 0.0526. The van der Waals surface area contributed by atoms with Crippen LogP contribution in [0.25, 0.3) is 0 Å². The predicted octanol–water partition coefficient (Wildman–Crippen LogP) is 21.4. The zero-order chi connectivity index (χ0) is 70.1. The molecule has 0 unspecified atom stereocenters. The third-order valence-electron chi connectivity index (χ3n) is 16.8. The summed E-state index contributed by atoms with van der Waals surface area (Å²) in [5.74, 6) is 0. The molecule has 0 spiro atoms. The molecule has 0 saturated carbocycles. The largest absolute Gasteiger partial charge is 0.299 e. The number of halogens is 12. The van der Waals surface area contributed by atoms with E-state index in [1.807, 2.05) is 0 Å². The number of benzene rings is 12. The molecule has 24 heteroatoms. The summed E-state index contributed by atoms with van der Waals surface area (Å²) >= 11 is 0. The van der Waals surface area contributed by atoms with Gasteiger partial charge in [0.1, 0.15) is 31.8 Å². The molecule has 4 heterocycles. The van der Waals surface area contributed by atoms with Gasteiger partial charge in [0, 0.05) is 36.8 Å². The van der Waals surface area contributed by atoms with Gasteiger partial charge in [-0.25, -0.2) is 0 Å². The van der Waals surface area contributed by atoms with Crippen molar-refractivity contribution in [2.24, 2.45) is 0 Å². The summed E-state index contributed by atoms with van der Waals surface area (Å²) in [7, 11) is -24.3. The smallest absolute Gasteiger partial charge is 0.284 e. The van der Waals surface area contributed by atoms with Crippen molar-refractivity contribution in [1.82, 2.24) is 0 Å². The quantitative estimate of drug-likeness (QED) is 0.0893. The Morgan fingerprint density at radius 1 is 0.230 bits per heavy atom. The Bertz CT molecular complexity index is 4310. The molecule has 12 aromatic carbocycles. The summed E-state index contributed by atoms with van der Waals surface area (Å²) in [5.41, 5.74) is 5.61. The van der Waals surface area contributed by atoms with Gasteiger partial charge in [0.2, 0.25) is 0 Å². The average Bonchev–Trinajstić information content (AvgIpc) is 1.53. The average molecular weight is 1510 g/mol.